The van der Waals surface area contributed by atoms with Crippen LogP contribution in [0.5, 0.6) is 0 Å². The Morgan fingerprint density at radius 3 is 1.32 bits per heavy atom. The van der Waals surface area contributed by atoms with Crippen LogP contribution >= 0.6 is 7.82 Å². The number of quaternary nitrogens is 1. The number of amides is 1. The minimum atomic E-state index is -4.71. The summed E-state index contributed by atoms with van der Waals surface area (Å²) in [5, 5.41) is 3.02. The maximum absolute atomic E-state index is 13.5. The first kappa shape index (κ1) is 71.2. The predicted molar refractivity (Wildman–Crippen MR) is 316 cm³/mol. The summed E-state index contributed by atoms with van der Waals surface area (Å²) in [5.74, 6) is -0.572. The van der Waals surface area contributed by atoms with E-state index in [1.54, 1.807) is 0 Å². The van der Waals surface area contributed by atoms with Crippen LogP contribution in [0.3, 0.4) is 0 Å². The third-order valence-electron chi connectivity index (χ3n) is 13.1. The Morgan fingerprint density at radius 1 is 0.486 bits per heavy atom. The van der Waals surface area contributed by atoms with Crippen molar-refractivity contribution in [2.24, 2.45) is 0 Å². The number of esters is 1. The van der Waals surface area contributed by atoms with E-state index in [1.807, 2.05) is 33.3 Å². The second-order valence-electron chi connectivity index (χ2n) is 21.5. The molecular weight excluding hydrogens is 940 g/mol. The minimum Gasteiger partial charge on any atom is -0.756 e. The zero-order valence-electron chi connectivity index (χ0n) is 48.8. The standard InChI is InChI=1S/C64H115N2O7P/c1-7-10-13-16-19-22-25-28-30-32-33-34-36-39-42-45-48-51-54-57-64(68)73-62(55-52-49-46-43-40-37-27-24-21-18-15-12-9-3)61(60-72-74(69,70)71-59-58-66(4,5)6)65-63(67)56-53-50-47-44-41-38-35-31-29-26-23-20-17-14-11-8-2/h11,14,19-20,22-23,28-31,33-34,52,55,61-62H,7-10,12-13,15-18,21,24-27,32,35-51,53-54,56-60H2,1-6H3,(H-,65,67,69,70)/b14-11+,22-19-,23-20+,30-28-,31-29+,34-33-,55-52+. The summed E-state index contributed by atoms with van der Waals surface area (Å²) in [6.45, 7) is 6.68. The molecule has 0 bridgehead atoms. The summed E-state index contributed by atoms with van der Waals surface area (Å²) in [4.78, 5) is 40.0. The van der Waals surface area contributed by atoms with Gasteiger partial charge in [0.15, 0.2) is 0 Å². The number of phosphoric acid groups is 1. The number of rotatable bonds is 54. The molecule has 0 aliphatic heterocycles. The second-order valence-corrected chi connectivity index (χ2v) is 22.9. The van der Waals surface area contributed by atoms with Crippen LogP contribution in [0.25, 0.3) is 0 Å². The van der Waals surface area contributed by atoms with E-state index in [9.17, 15) is 19.0 Å². The van der Waals surface area contributed by atoms with Crippen molar-refractivity contribution in [1.29, 1.82) is 0 Å². The van der Waals surface area contributed by atoms with Crippen LogP contribution in [-0.2, 0) is 27.9 Å². The normalized spacial score (nSPS) is 14.3. The van der Waals surface area contributed by atoms with Gasteiger partial charge in [0.25, 0.3) is 7.82 Å². The zero-order valence-corrected chi connectivity index (χ0v) is 49.7. The third-order valence-corrected chi connectivity index (χ3v) is 14.0. The molecule has 3 unspecified atom stereocenters. The Bertz CT molecular complexity index is 1540. The molecule has 3 atom stereocenters. The van der Waals surface area contributed by atoms with Gasteiger partial charge in [0.05, 0.1) is 33.8 Å². The quantitative estimate of drug-likeness (QED) is 0.0212. The fraction of sp³-hybridized carbons (Fsp3) is 0.750. The van der Waals surface area contributed by atoms with Crippen molar-refractivity contribution >= 4 is 19.7 Å². The van der Waals surface area contributed by atoms with Crippen LogP contribution < -0.4 is 10.2 Å². The van der Waals surface area contributed by atoms with Crippen molar-refractivity contribution in [2.45, 2.75) is 270 Å². The van der Waals surface area contributed by atoms with E-state index in [-0.39, 0.29) is 24.9 Å². The number of allylic oxidation sites excluding steroid dienone is 13. The van der Waals surface area contributed by atoms with Crippen molar-refractivity contribution in [3.05, 3.63) is 85.1 Å². The van der Waals surface area contributed by atoms with Gasteiger partial charge >= 0.3 is 5.97 Å². The molecule has 0 aromatic carbocycles. The molecule has 0 saturated carbocycles. The highest BCUT2D eigenvalue weighted by Crippen LogP contribution is 2.38. The minimum absolute atomic E-state index is 0.0308. The number of nitrogens with zero attached hydrogens (tertiary/aromatic N) is 1. The molecule has 0 aliphatic carbocycles. The number of likely N-dealkylation sites (N-methyl/N-ethyl adjacent to an activating group) is 1. The molecule has 428 valence electrons. The van der Waals surface area contributed by atoms with Gasteiger partial charge in [-0.25, -0.2) is 0 Å². The topological polar surface area (TPSA) is 114 Å². The molecule has 0 aromatic rings. The Hall–Kier alpha value is -2.81. The van der Waals surface area contributed by atoms with E-state index >= 15 is 0 Å². The number of nitrogens with one attached hydrogen (secondary N) is 1. The van der Waals surface area contributed by atoms with Gasteiger partial charge in [-0.1, -0.05) is 228 Å². The zero-order chi connectivity index (χ0) is 54.3. The van der Waals surface area contributed by atoms with E-state index in [0.29, 0.717) is 23.9 Å². The van der Waals surface area contributed by atoms with Crippen LogP contribution in [0.15, 0.2) is 85.1 Å². The van der Waals surface area contributed by atoms with Crippen molar-refractivity contribution in [2.75, 3.05) is 40.9 Å². The lowest BCUT2D eigenvalue weighted by Gasteiger charge is -2.30. The number of phosphoric ester groups is 1. The van der Waals surface area contributed by atoms with Gasteiger partial charge in [0, 0.05) is 12.8 Å². The summed E-state index contributed by atoms with van der Waals surface area (Å²) in [6.07, 6.45) is 69.7. The molecule has 0 spiro atoms. The number of carbonyl (C=O) groups is 2. The summed E-state index contributed by atoms with van der Waals surface area (Å²) in [6, 6.07) is -0.905. The smallest absolute Gasteiger partial charge is 0.306 e. The van der Waals surface area contributed by atoms with Crippen LogP contribution in [0.2, 0.25) is 0 Å². The Balaban J connectivity index is 5.36. The highest BCUT2D eigenvalue weighted by atomic mass is 31.2. The van der Waals surface area contributed by atoms with E-state index in [1.165, 1.54) is 83.5 Å². The van der Waals surface area contributed by atoms with E-state index in [4.69, 9.17) is 13.8 Å². The highest BCUT2D eigenvalue weighted by Gasteiger charge is 2.27. The van der Waals surface area contributed by atoms with Gasteiger partial charge in [-0.2, -0.15) is 0 Å². The van der Waals surface area contributed by atoms with Gasteiger partial charge in [-0.05, 0) is 102 Å². The average Bonchev–Trinajstić information content (AvgIpc) is 3.36. The monoisotopic (exact) mass is 1050 g/mol. The molecule has 10 heteroatoms. The van der Waals surface area contributed by atoms with Gasteiger partial charge in [-0.15, -0.1) is 0 Å². The molecule has 0 aromatic heterocycles. The first-order valence-corrected chi connectivity index (χ1v) is 31.9. The van der Waals surface area contributed by atoms with E-state index in [0.717, 1.165) is 135 Å². The summed E-state index contributed by atoms with van der Waals surface area (Å²) in [7, 11) is 1.16. The lowest BCUT2D eigenvalue weighted by atomic mass is 10.0. The highest BCUT2D eigenvalue weighted by molar-refractivity contribution is 7.45. The van der Waals surface area contributed by atoms with Crippen molar-refractivity contribution in [1.82, 2.24) is 5.32 Å². The summed E-state index contributed by atoms with van der Waals surface area (Å²) in [5.41, 5.74) is 0. The van der Waals surface area contributed by atoms with Gasteiger partial charge in [0.1, 0.15) is 19.3 Å². The molecule has 0 rings (SSSR count). The molecule has 0 fully saturated rings. The Morgan fingerprint density at radius 2 is 0.865 bits per heavy atom. The average molecular weight is 1060 g/mol. The second kappa shape index (κ2) is 53.6. The first-order valence-electron chi connectivity index (χ1n) is 30.4. The number of ether oxygens (including phenoxy) is 1. The van der Waals surface area contributed by atoms with Gasteiger partial charge < -0.3 is 28.5 Å². The summed E-state index contributed by atoms with van der Waals surface area (Å²) < 4.78 is 30.3. The maximum Gasteiger partial charge on any atom is 0.306 e. The first-order chi connectivity index (χ1) is 35.9. The predicted octanol–water partition coefficient (Wildman–Crippen LogP) is 18.0. The third kappa shape index (κ3) is 54.0. The van der Waals surface area contributed by atoms with E-state index < -0.39 is 26.6 Å². The largest absolute Gasteiger partial charge is 0.756 e. The lowest BCUT2D eigenvalue weighted by molar-refractivity contribution is -0.870. The Kier molecular flexibility index (Phi) is 51.5. The van der Waals surface area contributed by atoms with Gasteiger partial charge in [-0.3, -0.25) is 14.2 Å². The Labute approximate surface area is 456 Å². The lowest BCUT2D eigenvalue weighted by Crippen LogP contribution is -2.47. The molecule has 1 amide bonds. The summed E-state index contributed by atoms with van der Waals surface area (Å²) >= 11 is 0. The van der Waals surface area contributed by atoms with Crippen LogP contribution in [0, 0.1) is 0 Å². The van der Waals surface area contributed by atoms with Crippen LogP contribution in [-0.4, -0.2) is 69.4 Å². The molecule has 1 N–H and O–H groups in total. The van der Waals surface area contributed by atoms with Crippen LogP contribution in [0.1, 0.15) is 258 Å². The van der Waals surface area contributed by atoms with Crippen molar-refractivity contribution < 1.29 is 37.3 Å². The molecule has 0 saturated heterocycles. The van der Waals surface area contributed by atoms with E-state index in [2.05, 4.69) is 99.0 Å². The van der Waals surface area contributed by atoms with Crippen molar-refractivity contribution in [3.63, 3.8) is 0 Å². The molecule has 9 nitrogen and oxygen atoms in total. The number of unbranched alkanes of at least 4 members (excludes halogenated alkanes) is 26. The number of carbonyl (C=O) groups excluding carboxylic acids is 2. The van der Waals surface area contributed by atoms with Crippen LogP contribution in [0.4, 0.5) is 0 Å². The molecule has 74 heavy (non-hydrogen) atoms. The fourth-order valence-electron chi connectivity index (χ4n) is 8.37. The van der Waals surface area contributed by atoms with Gasteiger partial charge in [0.2, 0.25) is 5.91 Å². The molecule has 0 aliphatic rings. The molecule has 0 heterocycles. The number of hydrogen-bond acceptors (Lipinski definition) is 7. The fourth-order valence-corrected chi connectivity index (χ4v) is 9.09. The molecule has 0 radical (unpaired) electrons. The number of hydrogen-bond donors (Lipinski definition) is 1. The molecular formula is C64H115N2O7P. The SMILES string of the molecule is CC/C=C/C/C=C/C/C=C/CCCCCCCCC(=O)NC(COP(=O)([O-])OCC[N+](C)(C)C)C(/C=C/CCCCCCCCCCCCC)OC(=O)CCCCCCCC/C=C\C/C=C\C/C=C\CCCCC. The maximum atomic E-state index is 13.5. The van der Waals surface area contributed by atoms with Crippen molar-refractivity contribution in [3.8, 4) is 0 Å².